The normalized spacial score (nSPS) is 34.5. The van der Waals surface area contributed by atoms with Gasteiger partial charge < -0.3 is 14.8 Å². The summed E-state index contributed by atoms with van der Waals surface area (Å²) in [7, 11) is 0. The van der Waals surface area contributed by atoms with Crippen LogP contribution in [0.4, 0.5) is 0 Å². The number of carbonyl (C=O) groups is 2. The monoisotopic (exact) mass is 315 g/mol. The van der Waals surface area contributed by atoms with E-state index in [-0.39, 0.29) is 24.7 Å². The zero-order valence-corrected chi connectivity index (χ0v) is 13.2. The highest BCUT2D eigenvalue weighted by Gasteiger charge is 2.66. The van der Waals surface area contributed by atoms with E-state index in [4.69, 9.17) is 9.47 Å². The van der Waals surface area contributed by atoms with Crippen LogP contribution in [-0.4, -0.2) is 24.6 Å². The molecule has 1 aromatic carbocycles. The van der Waals surface area contributed by atoms with Crippen molar-refractivity contribution in [1.82, 2.24) is 5.32 Å². The molecule has 1 saturated heterocycles. The van der Waals surface area contributed by atoms with Crippen LogP contribution < -0.4 is 10.1 Å². The first kappa shape index (κ1) is 14.5. The molecule has 1 aromatic rings. The predicted molar refractivity (Wildman–Crippen MR) is 82.8 cm³/mol. The second kappa shape index (κ2) is 5.25. The Morgan fingerprint density at radius 1 is 1.39 bits per heavy atom. The molecule has 2 aliphatic heterocycles. The molecular weight excluding hydrogens is 294 g/mol. The molecule has 0 radical (unpaired) electrons. The molecule has 5 heteroatoms. The van der Waals surface area contributed by atoms with Gasteiger partial charge in [0.1, 0.15) is 17.8 Å². The van der Waals surface area contributed by atoms with Gasteiger partial charge >= 0.3 is 5.97 Å². The minimum atomic E-state index is -0.772. The van der Waals surface area contributed by atoms with Gasteiger partial charge in [-0.1, -0.05) is 24.6 Å². The first-order chi connectivity index (χ1) is 11.2. The van der Waals surface area contributed by atoms with E-state index in [9.17, 15) is 9.59 Å². The van der Waals surface area contributed by atoms with Gasteiger partial charge in [0, 0.05) is 5.56 Å². The maximum absolute atomic E-state index is 12.6. The van der Waals surface area contributed by atoms with E-state index in [1.54, 1.807) is 6.92 Å². The molecular formula is C18H21NO4. The zero-order valence-electron chi connectivity index (χ0n) is 13.2. The molecule has 23 heavy (non-hydrogen) atoms. The van der Waals surface area contributed by atoms with Crippen molar-refractivity contribution in [3.05, 3.63) is 29.8 Å². The number of ether oxygens (including phenoxy) is 2. The molecule has 0 unspecified atom stereocenters. The number of benzene rings is 1. The van der Waals surface area contributed by atoms with Crippen LogP contribution in [-0.2, 0) is 14.3 Å². The van der Waals surface area contributed by atoms with Crippen LogP contribution in [0.15, 0.2) is 24.3 Å². The topological polar surface area (TPSA) is 64.6 Å². The third kappa shape index (κ3) is 1.92. The number of para-hydroxylation sites is 1. The van der Waals surface area contributed by atoms with Gasteiger partial charge in [0.15, 0.2) is 0 Å². The first-order valence-electron chi connectivity index (χ1n) is 8.41. The molecule has 122 valence electrons. The van der Waals surface area contributed by atoms with Crippen molar-refractivity contribution in [2.75, 3.05) is 6.61 Å². The second-order valence-electron chi connectivity index (χ2n) is 6.63. The lowest BCUT2D eigenvalue weighted by molar-refractivity contribution is -0.161. The highest BCUT2D eigenvalue weighted by atomic mass is 16.5. The Balaban J connectivity index is 1.85. The van der Waals surface area contributed by atoms with Crippen LogP contribution in [0.2, 0.25) is 0 Å². The molecule has 0 bridgehead atoms. The van der Waals surface area contributed by atoms with E-state index in [0.29, 0.717) is 0 Å². The lowest BCUT2D eigenvalue weighted by Crippen LogP contribution is -2.53. The quantitative estimate of drug-likeness (QED) is 0.672. The summed E-state index contributed by atoms with van der Waals surface area (Å²) in [5.74, 6) is -0.584. The third-order valence-corrected chi connectivity index (χ3v) is 5.57. The summed E-state index contributed by atoms with van der Waals surface area (Å²) in [5.41, 5.74) is 0.460. The van der Waals surface area contributed by atoms with Gasteiger partial charge in [0.2, 0.25) is 5.91 Å². The minimum absolute atomic E-state index is 0.121. The van der Waals surface area contributed by atoms with Crippen molar-refractivity contribution in [3.63, 3.8) is 0 Å². The van der Waals surface area contributed by atoms with Gasteiger partial charge in [-0.25, -0.2) is 0 Å². The van der Waals surface area contributed by atoms with Crippen molar-refractivity contribution in [2.24, 2.45) is 11.3 Å². The lowest BCUT2D eigenvalue weighted by Gasteiger charge is -2.49. The maximum atomic E-state index is 12.6. The molecule has 4 rings (SSSR count). The van der Waals surface area contributed by atoms with Crippen molar-refractivity contribution in [2.45, 2.75) is 44.8 Å². The summed E-state index contributed by atoms with van der Waals surface area (Å²) >= 11 is 0. The van der Waals surface area contributed by atoms with Gasteiger partial charge in [0.05, 0.1) is 18.1 Å². The Bertz CT molecular complexity index is 658. The number of nitrogens with one attached hydrogen (secondary N) is 1. The largest absolute Gasteiger partial charge is 0.489 e. The average molecular weight is 315 g/mol. The SMILES string of the molecule is CCOC(=O)[C@H]1C(=O)N[C@H]2c3ccccc3O[C@H]3CCCC[C@@]132. The van der Waals surface area contributed by atoms with Crippen LogP contribution in [0, 0.1) is 11.3 Å². The zero-order chi connectivity index (χ0) is 16.0. The number of hydrogen-bond donors (Lipinski definition) is 1. The van der Waals surface area contributed by atoms with Crippen molar-refractivity contribution < 1.29 is 19.1 Å². The number of carbonyl (C=O) groups excluding carboxylic acids is 2. The van der Waals surface area contributed by atoms with Gasteiger partial charge in [-0.3, -0.25) is 9.59 Å². The van der Waals surface area contributed by atoms with E-state index >= 15 is 0 Å². The van der Waals surface area contributed by atoms with E-state index < -0.39 is 17.3 Å². The van der Waals surface area contributed by atoms with Crippen LogP contribution in [0.1, 0.15) is 44.2 Å². The smallest absolute Gasteiger partial charge is 0.319 e. The van der Waals surface area contributed by atoms with Gasteiger partial charge in [0.25, 0.3) is 0 Å². The summed E-state index contributed by atoms with van der Waals surface area (Å²) in [6.07, 6.45) is 3.62. The number of hydrogen-bond acceptors (Lipinski definition) is 4. The van der Waals surface area contributed by atoms with E-state index in [2.05, 4.69) is 5.32 Å². The number of amides is 1. The Labute approximate surface area is 135 Å². The summed E-state index contributed by atoms with van der Waals surface area (Å²) in [4.78, 5) is 25.2. The Morgan fingerprint density at radius 3 is 3.04 bits per heavy atom. The summed E-state index contributed by atoms with van der Waals surface area (Å²) in [6.45, 7) is 2.05. The fourth-order valence-corrected chi connectivity index (χ4v) is 4.69. The summed E-state index contributed by atoms with van der Waals surface area (Å²) < 4.78 is 11.5. The molecule has 1 saturated carbocycles. The van der Waals surface area contributed by atoms with E-state index in [1.165, 1.54) is 0 Å². The second-order valence-corrected chi connectivity index (χ2v) is 6.63. The van der Waals surface area contributed by atoms with Gasteiger partial charge in [-0.05, 0) is 32.3 Å². The average Bonchev–Trinajstić information content (AvgIpc) is 2.85. The standard InChI is InChI=1S/C18H21NO4/c1-2-22-17(21)14-16(20)19-15-11-7-3-4-8-12(11)23-13-9-5-6-10-18(13,14)15/h3-4,7-8,13-15H,2,5-6,9-10H2,1H3,(H,19,20)/t13-,14+,15-,18-/m0/s1. The molecule has 2 fully saturated rings. The molecule has 3 aliphatic rings. The van der Waals surface area contributed by atoms with Gasteiger partial charge in [-0.15, -0.1) is 0 Å². The Morgan fingerprint density at radius 2 is 2.22 bits per heavy atom. The maximum Gasteiger partial charge on any atom is 0.319 e. The van der Waals surface area contributed by atoms with Crippen LogP contribution in [0.3, 0.4) is 0 Å². The summed E-state index contributed by atoms with van der Waals surface area (Å²) in [5, 5.41) is 3.07. The Kier molecular flexibility index (Phi) is 3.32. The molecule has 1 spiro atoms. The van der Waals surface area contributed by atoms with Crippen molar-refractivity contribution in [1.29, 1.82) is 0 Å². The number of fused-ring (bicyclic) bond motifs is 2. The summed E-state index contributed by atoms with van der Waals surface area (Å²) in [6, 6.07) is 7.65. The first-order valence-corrected chi connectivity index (χ1v) is 8.41. The number of esters is 1. The van der Waals surface area contributed by atoms with Crippen LogP contribution in [0.25, 0.3) is 0 Å². The van der Waals surface area contributed by atoms with Gasteiger partial charge in [-0.2, -0.15) is 0 Å². The van der Waals surface area contributed by atoms with Crippen LogP contribution in [0.5, 0.6) is 5.75 Å². The molecule has 1 aliphatic carbocycles. The van der Waals surface area contributed by atoms with E-state index in [1.807, 2.05) is 24.3 Å². The molecule has 2 heterocycles. The molecule has 1 amide bonds. The fraction of sp³-hybridized carbons (Fsp3) is 0.556. The minimum Gasteiger partial charge on any atom is -0.489 e. The van der Waals surface area contributed by atoms with Crippen LogP contribution >= 0.6 is 0 Å². The van der Waals surface area contributed by atoms with Crippen molar-refractivity contribution in [3.8, 4) is 5.75 Å². The van der Waals surface area contributed by atoms with Crippen molar-refractivity contribution >= 4 is 11.9 Å². The molecule has 4 atom stereocenters. The third-order valence-electron chi connectivity index (χ3n) is 5.57. The highest BCUT2D eigenvalue weighted by Crippen LogP contribution is 2.60. The number of rotatable bonds is 2. The predicted octanol–water partition coefficient (Wildman–Crippen LogP) is 2.36. The van der Waals surface area contributed by atoms with E-state index in [0.717, 1.165) is 37.0 Å². The fourth-order valence-electron chi connectivity index (χ4n) is 4.69. The molecule has 5 nitrogen and oxygen atoms in total. The lowest BCUT2D eigenvalue weighted by atomic mass is 9.59. The highest BCUT2D eigenvalue weighted by molar-refractivity contribution is 6.01. The molecule has 0 aromatic heterocycles. The molecule has 1 N–H and O–H groups in total. The Hall–Kier alpha value is -2.04.